The van der Waals surface area contributed by atoms with E-state index in [9.17, 15) is 4.79 Å². The Morgan fingerprint density at radius 1 is 1.42 bits per heavy atom. The van der Waals surface area contributed by atoms with Crippen LogP contribution in [0.4, 0.5) is 0 Å². The number of halogens is 1. The smallest absolute Gasteiger partial charge is 0.220 e. The van der Waals surface area contributed by atoms with Gasteiger partial charge in [-0.2, -0.15) is 0 Å². The monoisotopic (exact) mass is 278 g/mol. The van der Waals surface area contributed by atoms with Crippen molar-refractivity contribution in [3.05, 3.63) is 35.0 Å². The third-order valence-corrected chi connectivity index (χ3v) is 3.27. The van der Waals surface area contributed by atoms with Gasteiger partial charge in [-0.15, -0.1) is 0 Å². The summed E-state index contributed by atoms with van der Waals surface area (Å²) in [5.41, 5.74) is 2.26. The summed E-state index contributed by atoms with van der Waals surface area (Å²) in [6.07, 6.45) is 3.37. The summed E-state index contributed by atoms with van der Waals surface area (Å²) in [5.74, 6) is 0.514. The lowest BCUT2D eigenvalue weighted by molar-refractivity contribution is -0.121. The van der Waals surface area contributed by atoms with Gasteiger partial charge in [0.2, 0.25) is 5.91 Å². The van der Waals surface area contributed by atoms with E-state index in [1.807, 2.05) is 38.2 Å². The van der Waals surface area contributed by atoms with Crippen molar-refractivity contribution in [2.24, 2.45) is 5.92 Å². The van der Waals surface area contributed by atoms with E-state index in [0.29, 0.717) is 18.9 Å². The molecule has 19 heavy (non-hydrogen) atoms. The van der Waals surface area contributed by atoms with E-state index in [1.54, 1.807) is 0 Å². The van der Waals surface area contributed by atoms with Crippen molar-refractivity contribution in [2.45, 2.75) is 26.7 Å². The van der Waals surface area contributed by atoms with Crippen LogP contribution in [-0.2, 0) is 11.2 Å². The Labute approximate surface area is 118 Å². The maximum Gasteiger partial charge on any atom is 0.220 e. The molecule has 4 heteroatoms. The van der Waals surface area contributed by atoms with Gasteiger partial charge in [-0.1, -0.05) is 25.4 Å². The number of hydrogen-bond acceptors (Lipinski definition) is 1. The number of rotatable bonds is 5. The third-order valence-electron chi connectivity index (χ3n) is 3.04. The van der Waals surface area contributed by atoms with Crippen LogP contribution in [0.3, 0.4) is 0 Å². The Balaban J connectivity index is 1.95. The second kappa shape index (κ2) is 6.11. The fourth-order valence-electron chi connectivity index (χ4n) is 2.14. The van der Waals surface area contributed by atoms with Crippen LogP contribution in [0.1, 0.15) is 25.8 Å². The summed E-state index contributed by atoms with van der Waals surface area (Å²) in [4.78, 5) is 14.8. The highest BCUT2D eigenvalue weighted by molar-refractivity contribution is 6.31. The van der Waals surface area contributed by atoms with Crippen molar-refractivity contribution in [1.82, 2.24) is 10.3 Å². The summed E-state index contributed by atoms with van der Waals surface area (Å²) in [6, 6.07) is 5.80. The highest BCUT2D eigenvalue weighted by Gasteiger charge is 2.06. The summed E-state index contributed by atoms with van der Waals surface area (Å²) in [7, 11) is 0. The standard InChI is InChI=1S/C15H19ClN2O/c1-10(2)7-15(19)17-6-5-11-9-18-14-4-3-12(16)8-13(11)14/h3-4,8-10,18H,5-7H2,1-2H3,(H,17,19). The van der Waals surface area contributed by atoms with E-state index in [0.717, 1.165) is 22.3 Å². The maximum atomic E-state index is 11.6. The minimum absolute atomic E-state index is 0.118. The number of aromatic amines is 1. The van der Waals surface area contributed by atoms with E-state index in [-0.39, 0.29) is 5.91 Å². The molecule has 3 nitrogen and oxygen atoms in total. The zero-order chi connectivity index (χ0) is 13.8. The summed E-state index contributed by atoms with van der Waals surface area (Å²) in [5, 5.41) is 4.81. The molecule has 2 aromatic rings. The van der Waals surface area contributed by atoms with Crippen molar-refractivity contribution >= 4 is 28.4 Å². The minimum atomic E-state index is 0.118. The molecule has 0 aliphatic carbocycles. The van der Waals surface area contributed by atoms with E-state index in [2.05, 4.69) is 10.3 Å². The molecule has 0 fully saturated rings. The number of carbonyl (C=O) groups is 1. The molecule has 2 N–H and O–H groups in total. The maximum absolute atomic E-state index is 11.6. The van der Waals surface area contributed by atoms with Crippen LogP contribution in [0.5, 0.6) is 0 Å². The van der Waals surface area contributed by atoms with Gasteiger partial charge in [0.25, 0.3) is 0 Å². The van der Waals surface area contributed by atoms with Gasteiger partial charge in [-0.05, 0) is 36.1 Å². The molecule has 0 aliphatic rings. The van der Waals surface area contributed by atoms with Gasteiger partial charge in [0, 0.05) is 35.1 Å². The van der Waals surface area contributed by atoms with Crippen molar-refractivity contribution in [2.75, 3.05) is 6.54 Å². The molecular weight excluding hydrogens is 260 g/mol. The van der Waals surface area contributed by atoms with Crippen molar-refractivity contribution in [3.63, 3.8) is 0 Å². The molecule has 0 saturated carbocycles. The van der Waals surface area contributed by atoms with Crippen LogP contribution >= 0.6 is 11.6 Å². The molecule has 0 atom stereocenters. The second-order valence-electron chi connectivity index (χ2n) is 5.20. The lowest BCUT2D eigenvalue weighted by atomic mass is 10.1. The van der Waals surface area contributed by atoms with Gasteiger partial charge < -0.3 is 10.3 Å². The fourth-order valence-corrected chi connectivity index (χ4v) is 2.31. The number of H-pyrrole nitrogens is 1. The molecule has 1 aromatic heterocycles. The fraction of sp³-hybridized carbons (Fsp3) is 0.400. The number of fused-ring (bicyclic) bond motifs is 1. The van der Waals surface area contributed by atoms with Crippen LogP contribution in [0.25, 0.3) is 10.9 Å². The van der Waals surface area contributed by atoms with E-state index in [4.69, 9.17) is 11.6 Å². The highest BCUT2D eigenvalue weighted by atomic mass is 35.5. The molecule has 0 aliphatic heterocycles. The van der Waals surface area contributed by atoms with Gasteiger partial charge in [0.15, 0.2) is 0 Å². The van der Waals surface area contributed by atoms with Crippen LogP contribution in [0.2, 0.25) is 5.02 Å². The number of aromatic nitrogens is 1. The molecule has 0 unspecified atom stereocenters. The van der Waals surface area contributed by atoms with Crippen molar-refractivity contribution < 1.29 is 4.79 Å². The first-order valence-corrected chi connectivity index (χ1v) is 6.96. The largest absolute Gasteiger partial charge is 0.361 e. The molecule has 0 bridgehead atoms. The predicted molar refractivity (Wildman–Crippen MR) is 79.5 cm³/mol. The number of carbonyl (C=O) groups excluding carboxylic acids is 1. The highest BCUT2D eigenvalue weighted by Crippen LogP contribution is 2.22. The average Bonchev–Trinajstić information content (AvgIpc) is 2.71. The molecule has 2 rings (SSSR count). The second-order valence-corrected chi connectivity index (χ2v) is 5.64. The van der Waals surface area contributed by atoms with Gasteiger partial charge in [-0.3, -0.25) is 4.79 Å². The first-order chi connectivity index (χ1) is 9.06. The Bertz CT molecular complexity index is 575. The lowest BCUT2D eigenvalue weighted by Crippen LogP contribution is -2.26. The Kier molecular flexibility index (Phi) is 4.48. The average molecular weight is 279 g/mol. The first kappa shape index (κ1) is 13.9. The summed E-state index contributed by atoms with van der Waals surface area (Å²) in [6.45, 7) is 4.74. The lowest BCUT2D eigenvalue weighted by Gasteiger charge is -2.06. The van der Waals surface area contributed by atoms with Gasteiger partial charge in [0.05, 0.1) is 0 Å². The topological polar surface area (TPSA) is 44.9 Å². The van der Waals surface area contributed by atoms with Crippen molar-refractivity contribution in [1.29, 1.82) is 0 Å². The van der Waals surface area contributed by atoms with Crippen molar-refractivity contribution in [3.8, 4) is 0 Å². The molecule has 1 amide bonds. The molecule has 0 spiro atoms. The van der Waals surface area contributed by atoms with Gasteiger partial charge >= 0.3 is 0 Å². The molecule has 1 aromatic carbocycles. The Morgan fingerprint density at radius 3 is 2.95 bits per heavy atom. The van der Waals surface area contributed by atoms with E-state index < -0.39 is 0 Å². The molecule has 0 saturated heterocycles. The zero-order valence-corrected chi connectivity index (χ0v) is 12.1. The predicted octanol–water partition coefficient (Wildman–Crippen LogP) is 3.53. The van der Waals surface area contributed by atoms with Gasteiger partial charge in [0.1, 0.15) is 0 Å². The molecular formula is C15H19ClN2O. The van der Waals surface area contributed by atoms with E-state index >= 15 is 0 Å². The first-order valence-electron chi connectivity index (χ1n) is 6.58. The molecule has 102 valence electrons. The van der Waals surface area contributed by atoms with Crippen LogP contribution < -0.4 is 5.32 Å². The molecule has 1 heterocycles. The number of nitrogens with one attached hydrogen (secondary N) is 2. The Morgan fingerprint density at radius 2 is 2.21 bits per heavy atom. The molecule has 0 radical (unpaired) electrons. The number of amides is 1. The SMILES string of the molecule is CC(C)CC(=O)NCCc1c[nH]c2ccc(Cl)cc12. The normalized spacial score (nSPS) is 11.2. The van der Waals surface area contributed by atoms with Gasteiger partial charge in [-0.25, -0.2) is 0 Å². The van der Waals surface area contributed by atoms with Crippen LogP contribution in [0.15, 0.2) is 24.4 Å². The summed E-state index contributed by atoms with van der Waals surface area (Å²) < 4.78 is 0. The van der Waals surface area contributed by atoms with E-state index in [1.165, 1.54) is 5.56 Å². The number of hydrogen-bond donors (Lipinski definition) is 2. The number of benzene rings is 1. The quantitative estimate of drug-likeness (QED) is 0.863. The van der Waals surface area contributed by atoms with Crippen LogP contribution in [-0.4, -0.2) is 17.4 Å². The minimum Gasteiger partial charge on any atom is -0.361 e. The third kappa shape index (κ3) is 3.74. The summed E-state index contributed by atoms with van der Waals surface area (Å²) >= 11 is 6.01. The zero-order valence-electron chi connectivity index (χ0n) is 11.3. The van der Waals surface area contributed by atoms with Crippen LogP contribution in [0, 0.1) is 5.92 Å². The Hall–Kier alpha value is -1.48.